The quantitative estimate of drug-likeness (QED) is 0.136. The second kappa shape index (κ2) is 12.3. The molecule has 0 unspecified atom stereocenters. The fraction of sp³-hybridized carbons (Fsp3) is 0.172. The third kappa shape index (κ3) is 6.44. The summed E-state index contributed by atoms with van der Waals surface area (Å²) in [5.74, 6) is -0.207. The molecule has 0 fully saturated rings. The number of methoxy groups -OCH3 is 2. The van der Waals surface area contributed by atoms with Gasteiger partial charge in [0.15, 0.2) is 0 Å². The molecule has 0 aliphatic rings. The van der Waals surface area contributed by atoms with Crippen molar-refractivity contribution in [3.05, 3.63) is 71.2 Å². The van der Waals surface area contributed by atoms with Crippen LogP contribution in [-0.2, 0) is 0 Å². The lowest BCUT2D eigenvalue weighted by Crippen LogP contribution is -2.07. The Bertz CT molecular complexity index is 1700. The van der Waals surface area contributed by atoms with Gasteiger partial charge < -0.3 is 29.4 Å². The van der Waals surface area contributed by atoms with Gasteiger partial charge in [-0.05, 0) is 61.0 Å². The average Bonchev–Trinajstić information content (AvgIpc) is 3.49. The molecule has 0 saturated carbocycles. The van der Waals surface area contributed by atoms with Crippen LogP contribution in [0.4, 0.5) is 17.1 Å². The van der Waals surface area contributed by atoms with Crippen LogP contribution in [0.15, 0.2) is 70.5 Å². The van der Waals surface area contributed by atoms with E-state index in [0.29, 0.717) is 28.4 Å². The van der Waals surface area contributed by atoms with E-state index in [9.17, 15) is 9.90 Å². The zero-order valence-electron chi connectivity index (χ0n) is 22.7. The molecule has 10 nitrogen and oxygen atoms in total. The summed E-state index contributed by atoms with van der Waals surface area (Å²) in [6.07, 6.45) is 3.30. The zero-order chi connectivity index (χ0) is 28.9. The van der Waals surface area contributed by atoms with Crippen molar-refractivity contribution >= 4 is 57.2 Å². The van der Waals surface area contributed by atoms with E-state index in [1.165, 1.54) is 25.1 Å². The molecule has 210 valence electrons. The molecule has 0 aliphatic carbocycles. The maximum Gasteiger partial charge on any atom is 0.335 e. The van der Waals surface area contributed by atoms with Crippen molar-refractivity contribution in [2.24, 2.45) is 0 Å². The number of rotatable bonds is 11. The van der Waals surface area contributed by atoms with Crippen LogP contribution in [0.2, 0.25) is 0 Å². The SMILES string of the molecule is COc1ncc(-c2ccc3c(Nc4cc(OC(C)C)cc(C(=O)O)c4)c(SNc4ccsc4)cnc3c2)c(OC)n1. The standard InChI is InChI=1S/C29H27N5O5S2/c1-16(2)39-21-10-18(28(35)36)9-20(12-21)32-26-22-6-5-17(23-13-31-29(38-4)33-27(23)37-3)11-24(22)30-14-25(26)41-34-19-7-8-40-15-19/h5-16,34H,1-4H3,(H,30,32)(H,35,36). The van der Waals surface area contributed by atoms with Gasteiger partial charge in [-0.25, -0.2) is 9.78 Å². The Morgan fingerprint density at radius 2 is 1.88 bits per heavy atom. The number of anilines is 3. The molecule has 0 aliphatic heterocycles. The average molecular weight is 590 g/mol. The van der Waals surface area contributed by atoms with Gasteiger partial charge in [-0.1, -0.05) is 12.1 Å². The Morgan fingerprint density at radius 3 is 2.59 bits per heavy atom. The van der Waals surface area contributed by atoms with Crippen molar-refractivity contribution in [1.82, 2.24) is 15.0 Å². The van der Waals surface area contributed by atoms with E-state index >= 15 is 0 Å². The van der Waals surface area contributed by atoms with E-state index < -0.39 is 5.97 Å². The minimum Gasteiger partial charge on any atom is -0.491 e. The lowest BCUT2D eigenvalue weighted by atomic mass is 10.0. The summed E-state index contributed by atoms with van der Waals surface area (Å²) in [6.45, 7) is 3.78. The Hall–Kier alpha value is -4.55. The molecule has 5 aromatic rings. The van der Waals surface area contributed by atoms with Gasteiger partial charge in [0, 0.05) is 34.9 Å². The molecule has 0 atom stereocenters. The summed E-state index contributed by atoms with van der Waals surface area (Å²) >= 11 is 3.00. The van der Waals surface area contributed by atoms with E-state index in [0.717, 1.165) is 27.2 Å². The van der Waals surface area contributed by atoms with Crippen molar-refractivity contribution in [2.45, 2.75) is 24.8 Å². The fourth-order valence-corrected chi connectivity index (χ4v) is 5.45. The van der Waals surface area contributed by atoms with E-state index in [2.05, 4.69) is 20.0 Å². The second-order valence-corrected chi connectivity index (χ2v) is 10.7. The first-order valence-electron chi connectivity index (χ1n) is 12.5. The third-order valence-electron chi connectivity index (χ3n) is 5.85. The van der Waals surface area contributed by atoms with Gasteiger partial charge >= 0.3 is 12.0 Å². The number of nitrogens with zero attached hydrogens (tertiary/aromatic N) is 3. The highest BCUT2D eigenvalue weighted by Gasteiger charge is 2.17. The van der Waals surface area contributed by atoms with Gasteiger partial charge in [0.2, 0.25) is 5.88 Å². The van der Waals surface area contributed by atoms with E-state index in [-0.39, 0.29) is 17.7 Å². The number of carboxylic acids is 1. The van der Waals surface area contributed by atoms with Crippen molar-refractivity contribution < 1.29 is 24.1 Å². The Morgan fingerprint density at radius 1 is 1.02 bits per heavy atom. The molecule has 12 heteroatoms. The molecule has 0 amide bonds. The molecule has 0 radical (unpaired) electrons. The Balaban J connectivity index is 1.60. The number of fused-ring (bicyclic) bond motifs is 1. The van der Waals surface area contributed by atoms with Crippen LogP contribution < -0.4 is 24.2 Å². The minimum atomic E-state index is -1.05. The third-order valence-corrected chi connectivity index (χ3v) is 7.40. The number of carbonyl (C=O) groups is 1. The first-order chi connectivity index (χ1) is 19.8. The molecular weight excluding hydrogens is 562 g/mol. The molecule has 0 spiro atoms. The van der Waals surface area contributed by atoms with Crippen molar-refractivity contribution in [3.63, 3.8) is 0 Å². The predicted molar refractivity (Wildman–Crippen MR) is 162 cm³/mol. The molecule has 3 N–H and O–H groups in total. The van der Waals surface area contributed by atoms with Crippen LogP contribution in [0, 0.1) is 0 Å². The summed E-state index contributed by atoms with van der Waals surface area (Å²) in [5.41, 5.74) is 4.61. The van der Waals surface area contributed by atoms with Crippen molar-refractivity contribution in [2.75, 3.05) is 24.3 Å². The maximum atomic E-state index is 11.9. The summed E-state index contributed by atoms with van der Waals surface area (Å²) in [7, 11) is 3.04. The number of benzene rings is 2. The molecule has 41 heavy (non-hydrogen) atoms. The highest BCUT2D eigenvalue weighted by molar-refractivity contribution is 8.00. The van der Waals surface area contributed by atoms with Gasteiger partial charge in [-0.2, -0.15) is 16.3 Å². The zero-order valence-corrected chi connectivity index (χ0v) is 24.3. The van der Waals surface area contributed by atoms with Crippen molar-refractivity contribution in [3.8, 4) is 28.8 Å². The van der Waals surface area contributed by atoms with E-state index in [1.807, 2.05) is 48.9 Å². The first kappa shape index (κ1) is 28.0. The molecule has 0 saturated heterocycles. The van der Waals surface area contributed by atoms with Crippen LogP contribution in [0.5, 0.6) is 17.6 Å². The summed E-state index contributed by atoms with van der Waals surface area (Å²) in [4.78, 5) is 26.0. The lowest BCUT2D eigenvalue weighted by Gasteiger charge is -2.17. The van der Waals surface area contributed by atoms with Crippen LogP contribution in [0.25, 0.3) is 22.0 Å². The first-order valence-corrected chi connectivity index (χ1v) is 14.3. The van der Waals surface area contributed by atoms with Crippen molar-refractivity contribution in [1.29, 1.82) is 0 Å². The van der Waals surface area contributed by atoms with Gasteiger partial charge in [0.1, 0.15) is 5.75 Å². The lowest BCUT2D eigenvalue weighted by molar-refractivity contribution is 0.0696. The minimum absolute atomic E-state index is 0.114. The summed E-state index contributed by atoms with van der Waals surface area (Å²) in [5, 5.41) is 18.0. The largest absolute Gasteiger partial charge is 0.491 e. The number of pyridine rings is 1. The molecule has 3 heterocycles. The van der Waals surface area contributed by atoms with Crippen LogP contribution in [0.3, 0.4) is 0 Å². The van der Waals surface area contributed by atoms with Gasteiger partial charge in [0.05, 0.1) is 53.2 Å². The fourth-order valence-electron chi connectivity index (χ4n) is 4.07. The number of ether oxygens (including phenoxy) is 3. The number of aromatic carboxylic acids is 1. The molecule has 0 bridgehead atoms. The van der Waals surface area contributed by atoms with Gasteiger partial charge in [0.25, 0.3) is 0 Å². The van der Waals surface area contributed by atoms with E-state index in [4.69, 9.17) is 19.2 Å². The number of thiophene rings is 1. The topological polar surface area (TPSA) is 128 Å². The van der Waals surface area contributed by atoms with Crippen LogP contribution in [0.1, 0.15) is 24.2 Å². The Labute approximate surface area is 244 Å². The monoisotopic (exact) mass is 589 g/mol. The molecule has 2 aromatic carbocycles. The molecule has 5 rings (SSSR count). The van der Waals surface area contributed by atoms with Crippen LogP contribution in [-0.4, -0.2) is 46.4 Å². The number of hydrogen-bond donors (Lipinski definition) is 3. The number of nitrogens with one attached hydrogen (secondary N) is 2. The molecule has 3 aromatic heterocycles. The smallest absolute Gasteiger partial charge is 0.335 e. The predicted octanol–water partition coefficient (Wildman–Crippen LogP) is 7.12. The number of aromatic nitrogens is 3. The normalized spacial score (nSPS) is 11.0. The highest BCUT2D eigenvalue weighted by atomic mass is 32.2. The van der Waals surface area contributed by atoms with Gasteiger partial charge in [-0.3, -0.25) is 4.98 Å². The summed E-state index contributed by atoms with van der Waals surface area (Å²) < 4.78 is 19.8. The van der Waals surface area contributed by atoms with E-state index in [1.54, 1.807) is 43.0 Å². The summed E-state index contributed by atoms with van der Waals surface area (Å²) in [6, 6.07) is 12.9. The molecular formula is C29H27N5O5S2. The Kier molecular flexibility index (Phi) is 8.41. The number of carboxylic acid groups (broad SMARTS) is 1. The number of hydrogen-bond acceptors (Lipinski definition) is 11. The maximum absolute atomic E-state index is 11.9. The highest BCUT2D eigenvalue weighted by Crippen LogP contribution is 2.39. The van der Waals surface area contributed by atoms with Gasteiger partial charge in [-0.15, -0.1) is 0 Å². The van der Waals surface area contributed by atoms with Crippen LogP contribution >= 0.6 is 23.3 Å². The second-order valence-electron chi connectivity index (χ2n) is 9.07.